The molecule has 0 aliphatic heterocycles. The number of carbonyl (C=O) groups excluding carboxylic acids is 1. The van der Waals surface area contributed by atoms with Crippen LogP contribution in [0.1, 0.15) is 29.9 Å². The van der Waals surface area contributed by atoms with Gasteiger partial charge in [-0.15, -0.1) is 11.3 Å². The summed E-state index contributed by atoms with van der Waals surface area (Å²) >= 11 is 1.28. The lowest BCUT2D eigenvalue weighted by atomic mass is 10.3. The second kappa shape index (κ2) is 7.33. The number of aromatic nitrogens is 2. The molecule has 0 spiro atoms. The number of carbonyl (C=O) groups is 1. The van der Waals surface area contributed by atoms with Crippen LogP contribution in [0.25, 0.3) is 10.3 Å². The molecule has 2 rings (SSSR count). The molecule has 7 heteroatoms. The fourth-order valence-electron chi connectivity index (χ4n) is 2.14. The Morgan fingerprint density at radius 3 is 2.71 bits per heavy atom. The van der Waals surface area contributed by atoms with Crippen molar-refractivity contribution < 1.29 is 4.79 Å². The number of fused-ring (bicyclic) bond motifs is 1. The molecule has 0 fully saturated rings. The SMILES string of the molecule is CCN(CC)CCCNC(=O)c1sc2nccnc2c1N. The van der Waals surface area contributed by atoms with Gasteiger partial charge in [-0.1, -0.05) is 13.8 Å². The number of anilines is 1. The lowest BCUT2D eigenvalue weighted by molar-refractivity contribution is 0.0956. The average molecular weight is 307 g/mol. The van der Waals surface area contributed by atoms with Crippen molar-refractivity contribution in [1.29, 1.82) is 0 Å². The highest BCUT2D eigenvalue weighted by atomic mass is 32.1. The number of nitrogens with zero attached hydrogens (tertiary/aromatic N) is 3. The monoisotopic (exact) mass is 307 g/mol. The van der Waals surface area contributed by atoms with Crippen molar-refractivity contribution in [2.24, 2.45) is 0 Å². The van der Waals surface area contributed by atoms with Crippen molar-refractivity contribution in [2.45, 2.75) is 20.3 Å². The molecule has 0 radical (unpaired) electrons. The van der Waals surface area contributed by atoms with Crippen LogP contribution in [0, 0.1) is 0 Å². The molecule has 2 heterocycles. The average Bonchev–Trinajstić information content (AvgIpc) is 2.85. The van der Waals surface area contributed by atoms with Crippen LogP contribution in [0.4, 0.5) is 5.69 Å². The second-order valence-corrected chi connectivity index (χ2v) is 5.69. The zero-order valence-electron chi connectivity index (χ0n) is 12.4. The van der Waals surface area contributed by atoms with Gasteiger partial charge in [0.25, 0.3) is 5.91 Å². The van der Waals surface area contributed by atoms with E-state index in [4.69, 9.17) is 5.73 Å². The fourth-order valence-corrected chi connectivity index (χ4v) is 3.07. The van der Waals surface area contributed by atoms with Gasteiger partial charge < -0.3 is 16.0 Å². The van der Waals surface area contributed by atoms with Crippen molar-refractivity contribution in [1.82, 2.24) is 20.2 Å². The van der Waals surface area contributed by atoms with Crippen LogP contribution < -0.4 is 11.1 Å². The van der Waals surface area contributed by atoms with E-state index in [1.54, 1.807) is 12.4 Å². The molecule has 114 valence electrons. The summed E-state index contributed by atoms with van der Waals surface area (Å²) in [5.41, 5.74) is 7.00. The molecule has 0 aromatic carbocycles. The maximum Gasteiger partial charge on any atom is 0.263 e. The molecule has 0 aliphatic carbocycles. The van der Waals surface area contributed by atoms with E-state index in [9.17, 15) is 4.79 Å². The minimum absolute atomic E-state index is 0.142. The standard InChI is InChI=1S/C14H21N5OS/c1-3-19(4-2)9-5-6-17-13(20)12-10(15)11-14(21-12)18-8-7-16-11/h7-8H,3-6,9,15H2,1-2H3,(H,17,20). The summed E-state index contributed by atoms with van der Waals surface area (Å²) in [5, 5.41) is 2.91. The third-order valence-corrected chi connectivity index (χ3v) is 4.50. The number of nitrogens with one attached hydrogen (secondary N) is 1. The van der Waals surface area contributed by atoms with Crippen LogP contribution in [0.15, 0.2) is 12.4 Å². The molecule has 1 amide bonds. The second-order valence-electron chi connectivity index (χ2n) is 4.69. The lowest BCUT2D eigenvalue weighted by Gasteiger charge is -2.17. The summed E-state index contributed by atoms with van der Waals surface area (Å²) in [4.78, 5) is 24.0. The molecule has 0 unspecified atom stereocenters. The van der Waals surface area contributed by atoms with Crippen molar-refractivity contribution in [3.63, 3.8) is 0 Å². The summed E-state index contributed by atoms with van der Waals surface area (Å²) in [6, 6.07) is 0. The maximum atomic E-state index is 12.2. The van der Waals surface area contributed by atoms with Crippen LogP contribution in [-0.2, 0) is 0 Å². The lowest BCUT2D eigenvalue weighted by Crippen LogP contribution is -2.29. The first kappa shape index (κ1) is 15.7. The number of hydrogen-bond acceptors (Lipinski definition) is 6. The fraction of sp³-hybridized carbons (Fsp3) is 0.500. The maximum absolute atomic E-state index is 12.2. The number of rotatable bonds is 7. The van der Waals surface area contributed by atoms with Crippen molar-refractivity contribution in [3.8, 4) is 0 Å². The first-order valence-electron chi connectivity index (χ1n) is 7.16. The minimum Gasteiger partial charge on any atom is -0.396 e. The van der Waals surface area contributed by atoms with Crippen LogP contribution in [0.2, 0.25) is 0 Å². The van der Waals surface area contributed by atoms with Crippen molar-refractivity contribution >= 4 is 33.3 Å². The molecule has 0 atom stereocenters. The van der Waals surface area contributed by atoms with Crippen LogP contribution in [0.5, 0.6) is 0 Å². The van der Waals surface area contributed by atoms with E-state index < -0.39 is 0 Å². The Bertz CT molecular complexity index is 608. The van der Waals surface area contributed by atoms with Gasteiger partial charge in [-0.3, -0.25) is 4.79 Å². The number of thiophene rings is 1. The molecule has 0 bridgehead atoms. The Hall–Kier alpha value is -1.73. The van der Waals surface area contributed by atoms with Gasteiger partial charge in [0.2, 0.25) is 0 Å². The van der Waals surface area contributed by atoms with Crippen LogP contribution >= 0.6 is 11.3 Å². The predicted octanol–water partition coefficient (Wildman–Crippen LogP) is 1.74. The summed E-state index contributed by atoms with van der Waals surface area (Å²) in [6.45, 7) is 7.97. The number of amides is 1. The predicted molar refractivity (Wildman–Crippen MR) is 86.6 cm³/mol. The van der Waals surface area contributed by atoms with Gasteiger partial charge in [-0.25, -0.2) is 9.97 Å². The van der Waals surface area contributed by atoms with Crippen molar-refractivity contribution in [2.75, 3.05) is 31.9 Å². The molecule has 2 aromatic rings. The Kier molecular flexibility index (Phi) is 5.46. The van der Waals surface area contributed by atoms with Gasteiger partial charge in [0, 0.05) is 18.9 Å². The van der Waals surface area contributed by atoms with Gasteiger partial charge >= 0.3 is 0 Å². The highest BCUT2D eigenvalue weighted by Crippen LogP contribution is 2.30. The van der Waals surface area contributed by atoms with Gasteiger partial charge in [0.1, 0.15) is 15.2 Å². The quantitative estimate of drug-likeness (QED) is 0.761. The molecule has 0 saturated heterocycles. The third kappa shape index (κ3) is 3.68. The van der Waals surface area contributed by atoms with Gasteiger partial charge in [-0.05, 0) is 26.1 Å². The molecule has 6 nitrogen and oxygen atoms in total. The summed E-state index contributed by atoms with van der Waals surface area (Å²) < 4.78 is 0. The highest BCUT2D eigenvalue weighted by Gasteiger charge is 2.17. The Balaban J connectivity index is 1.92. The largest absolute Gasteiger partial charge is 0.396 e. The van der Waals surface area contributed by atoms with Crippen molar-refractivity contribution in [3.05, 3.63) is 17.3 Å². The molecule has 0 aliphatic rings. The molecule has 21 heavy (non-hydrogen) atoms. The van der Waals surface area contributed by atoms with Crippen LogP contribution in [-0.4, -0.2) is 47.0 Å². The summed E-state index contributed by atoms with van der Waals surface area (Å²) in [5.74, 6) is -0.142. The zero-order valence-corrected chi connectivity index (χ0v) is 13.2. The van der Waals surface area contributed by atoms with Gasteiger partial charge in [-0.2, -0.15) is 0 Å². The highest BCUT2D eigenvalue weighted by molar-refractivity contribution is 7.21. The third-order valence-electron chi connectivity index (χ3n) is 3.40. The Morgan fingerprint density at radius 2 is 2.05 bits per heavy atom. The molecular weight excluding hydrogens is 286 g/mol. The Labute approximate surface area is 128 Å². The smallest absolute Gasteiger partial charge is 0.263 e. The van der Waals surface area contributed by atoms with E-state index in [0.29, 0.717) is 27.5 Å². The zero-order chi connectivity index (χ0) is 15.2. The van der Waals surface area contributed by atoms with E-state index >= 15 is 0 Å². The van der Waals surface area contributed by atoms with E-state index in [1.165, 1.54) is 11.3 Å². The molecule has 0 saturated carbocycles. The number of nitrogen functional groups attached to an aromatic ring is 1. The minimum atomic E-state index is -0.142. The summed E-state index contributed by atoms with van der Waals surface area (Å²) in [6.07, 6.45) is 4.11. The van der Waals surface area contributed by atoms with Gasteiger partial charge in [0.15, 0.2) is 0 Å². The van der Waals surface area contributed by atoms with E-state index in [2.05, 4.69) is 34.0 Å². The molecular formula is C14H21N5OS. The van der Waals surface area contributed by atoms with E-state index in [-0.39, 0.29) is 5.91 Å². The Morgan fingerprint density at radius 1 is 1.33 bits per heavy atom. The number of nitrogens with two attached hydrogens (primary N) is 1. The van der Waals surface area contributed by atoms with Gasteiger partial charge in [0.05, 0.1) is 5.69 Å². The van der Waals surface area contributed by atoms with E-state index in [0.717, 1.165) is 26.1 Å². The first-order chi connectivity index (χ1) is 10.2. The number of hydrogen-bond donors (Lipinski definition) is 2. The first-order valence-corrected chi connectivity index (χ1v) is 7.98. The molecule has 3 N–H and O–H groups in total. The topological polar surface area (TPSA) is 84.1 Å². The molecule has 2 aromatic heterocycles. The summed E-state index contributed by atoms with van der Waals surface area (Å²) in [7, 11) is 0. The van der Waals surface area contributed by atoms with Crippen LogP contribution in [0.3, 0.4) is 0 Å². The normalized spacial score (nSPS) is 11.2. The van der Waals surface area contributed by atoms with E-state index in [1.807, 2.05) is 0 Å².